The number of aromatic nitrogens is 1. The van der Waals surface area contributed by atoms with Gasteiger partial charge < -0.3 is 9.72 Å². The van der Waals surface area contributed by atoms with Crippen molar-refractivity contribution in [3.05, 3.63) is 35.0 Å². The number of H-pyrrole nitrogens is 1. The molecular formula is C13H12INO3. The molecule has 0 saturated carbocycles. The normalized spacial score (nSPS) is 10.6. The predicted molar refractivity (Wildman–Crippen MR) is 77.4 cm³/mol. The molecule has 4 nitrogen and oxygen atoms in total. The molecule has 94 valence electrons. The van der Waals surface area contributed by atoms with E-state index >= 15 is 0 Å². The Morgan fingerprint density at radius 1 is 1.50 bits per heavy atom. The summed E-state index contributed by atoms with van der Waals surface area (Å²) in [6, 6.07) is 5.76. The van der Waals surface area contributed by atoms with E-state index in [2.05, 4.69) is 27.6 Å². The highest BCUT2D eigenvalue weighted by molar-refractivity contribution is 14.1. The first-order chi connectivity index (χ1) is 8.71. The van der Waals surface area contributed by atoms with Crippen molar-refractivity contribution in [2.75, 3.05) is 6.61 Å². The van der Waals surface area contributed by atoms with Crippen LogP contribution >= 0.6 is 22.6 Å². The number of halogens is 1. The molecular weight excluding hydrogens is 345 g/mol. The Balaban J connectivity index is 2.61. The maximum atomic E-state index is 11.7. The van der Waals surface area contributed by atoms with Crippen molar-refractivity contribution >= 4 is 45.7 Å². The molecule has 0 atom stereocenters. The summed E-state index contributed by atoms with van der Waals surface area (Å²) in [6.07, 6.45) is 0.696. The van der Waals surface area contributed by atoms with Crippen LogP contribution in [0.4, 0.5) is 0 Å². The molecule has 0 saturated heterocycles. The lowest BCUT2D eigenvalue weighted by Crippen LogP contribution is -2.07. The molecule has 0 fully saturated rings. The third kappa shape index (κ3) is 2.27. The number of carbonyl (C=O) groups is 2. The van der Waals surface area contributed by atoms with Gasteiger partial charge in [-0.25, -0.2) is 4.79 Å². The summed E-state index contributed by atoms with van der Waals surface area (Å²) in [6.45, 7) is 2.01. The fraction of sp³-hybridized carbons (Fsp3) is 0.231. The van der Waals surface area contributed by atoms with Gasteiger partial charge in [-0.15, -0.1) is 0 Å². The number of fused-ring (bicyclic) bond motifs is 1. The molecule has 0 aliphatic carbocycles. The second kappa shape index (κ2) is 5.51. The lowest BCUT2D eigenvalue weighted by molar-refractivity contribution is 0.0518. The number of hydrogen-bond donors (Lipinski definition) is 1. The van der Waals surface area contributed by atoms with Crippen molar-refractivity contribution in [1.82, 2.24) is 4.98 Å². The average molecular weight is 357 g/mol. The van der Waals surface area contributed by atoms with Crippen LogP contribution in [0.2, 0.25) is 0 Å². The molecule has 0 radical (unpaired) electrons. The molecule has 0 amide bonds. The largest absolute Gasteiger partial charge is 0.461 e. The Bertz CT molecular complexity index is 604. The van der Waals surface area contributed by atoms with E-state index in [4.69, 9.17) is 4.74 Å². The van der Waals surface area contributed by atoms with E-state index in [1.807, 2.05) is 18.2 Å². The minimum Gasteiger partial charge on any atom is -0.461 e. The molecule has 0 aliphatic heterocycles. The van der Waals surface area contributed by atoms with Crippen molar-refractivity contribution in [2.24, 2.45) is 0 Å². The Kier molecular flexibility index (Phi) is 4.00. The van der Waals surface area contributed by atoms with E-state index in [0.29, 0.717) is 11.8 Å². The minimum absolute atomic E-state index is 0.229. The van der Waals surface area contributed by atoms with Crippen molar-refractivity contribution in [3.63, 3.8) is 0 Å². The second-order valence-corrected chi connectivity index (χ2v) is 4.53. The molecule has 2 aromatic rings. The van der Waals surface area contributed by atoms with Crippen LogP contribution < -0.4 is 0 Å². The van der Waals surface area contributed by atoms with Crippen LogP contribution in [-0.2, 0) is 9.16 Å². The lowest BCUT2D eigenvalue weighted by atomic mass is 10.1. The van der Waals surface area contributed by atoms with E-state index in [9.17, 15) is 9.59 Å². The fourth-order valence-corrected chi connectivity index (χ4v) is 2.30. The summed E-state index contributed by atoms with van der Waals surface area (Å²) in [5.74, 6) is -0.494. The van der Waals surface area contributed by atoms with Gasteiger partial charge in [0.2, 0.25) is 0 Å². The van der Waals surface area contributed by atoms with Crippen LogP contribution in [0, 0.1) is 0 Å². The molecule has 0 spiro atoms. The van der Waals surface area contributed by atoms with Gasteiger partial charge in [-0.05, 0) is 24.6 Å². The first-order valence-corrected chi connectivity index (χ1v) is 7.06. The average Bonchev–Trinajstić information content (AvgIpc) is 2.76. The Morgan fingerprint density at radius 3 is 2.89 bits per heavy atom. The molecule has 0 bridgehead atoms. The molecule has 1 heterocycles. The van der Waals surface area contributed by atoms with Crippen molar-refractivity contribution in [2.45, 2.75) is 11.4 Å². The van der Waals surface area contributed by atoms with Crippen LogP contribution in [0.5, 0.6) is 0 Å². The number of nitrogens with one attached hydrogen (secondary N) is 1. The predicted octanol–water partition coefficient (Wildman–Crippen LogP) is 3.09. The van der Waals surface area contributed by atoms with Crippen LogP contribution in [-0.4, -0.2) is 23.8 Å². The summed E-state index contributed by atoms with van der Waals surface area (Å²) in [5.41, 5.74) is 2.48. The van der Waals surface area contributed by atoms with Gasteiger partial charge >= 0.3 is 5.97 Å². The standard InChI is InChI=1S/C13H12INO3/c1-2-18-13(17)12-10(7-16)9-5-8(6-14)3-4-11(9)15-12/h3-5,7,15H,2,6H2,1H3. The second-order valence-electron chi connectivity index (χ2n) is 3.77. The van der Waals surface area contributed by atoms with Gasteiger partial charge in [0.15, 0.2) is 6.29 Å². The number of benzene rings is 1. The number of esters is 1. The number of alkyl halides is 1. The zero-order valence-electron chi connectivity index (χ0n) is 9.83. The van der Waals surface area contributed by atoms with Crippen molar-refractivity contribution < 1.29 is 14.3 Å². The first kappa shape index (κ1) is 13.1. The molecule has 1 aromatic heterocycles. The van der Waals surface area contributed by atoms with Crippen LogP contribution in [0.15, 0.2) is 18.2 Å². The maximum Gasteiger partial charge on any atom is 0.355 e. The van der Waals surface area contributed by atoms with E-state index in [1.54, 1.807) is 6.92 Å². The number of hydrogen-bond acceptors (Lipinski definition) is 3. The SMILES string of the molecule is CCOC(=O)c1[nH]c2ccc(CI)cc2c1C=O. The number of aldehydes is 1. The van der Waals surface area contributed by atoms with E-state index in [-0.39, 0.29) is 12.3 Å². The smallest absolute Gasteiger partial charge is 0.355 e. The van der Waals surface area contributed by atoms with Gasteiger partial charge in [-0.1, -0.05) is 28.7 Å². The number of ether oxygens (including phenoxy) is 1. The van der Waals surface area contributed by atoms with Crippen molar-refractivity contribution in [3.8, 4) is 0 Å². The van der Waals surface area contributed by atoms with Gasteiger partial charge in [0.05, 0.1) is 12.2 Å². The van der Waals surface area contributed by atoms with Gasteiger partial charge in [0.1, 0.15) is 5.69 Å². The third-order valence-corrected chi connectivity index (χ3v) is 3.54. The molecule has 0 unspecified atom stereocenters. The Morgan fingerprint density at radius 2 is 2.28 bits per heavy atom. The molecule has 2 rings (SSSR count). The molecule has 18 heavy (non-hydrogen) atoms. The maximum absolute atomic E-state index is 11.7. The highest BCUT2D eigenvalue weighted by atomic mass is 127. The third-order valence-electron chi connectivity index (χ3n) is 2.65. The highest BCUT2D eigenvalue weighted by Gasteiger charge is 2.18. The number of carbonyl (C=O) groups excluding carboxylic acids is 2. The highest BCUT2D eigenvalue weighted by Crippen LogP contribution is 2.24. The Labute approximate surface area is 118 Å². The zero-order valence-corrected chi connectivity index (χ0v) is 12.0. The van der Waals surface area contributed by atoms with Gasteiger partial charge in [0.25, 0.3) is 0 Å². The summed E-state index contributed by atoms with van der Waals surface area (Å²) in [5, 5.41) is 0.766. The summed E-state index contributed by atoms with van der Waals surface area (Å²) in [7, 11) is 0. The van der Waals surface area contributed by atoms with Crippen LogP contribution in [0.3, 0.4) is 0 Å². The lowest BCUT2D eigenvalue weighted by Gasteiger charge is -1.99. The molecule has 5 heteroatoms. The van der Waals surface area contributed by atoms with Gasteiger partial charge in [0, 0.05) is 15.3 Å². The number of aromatic amines is 1. The van der Waals surface area contributed by atoms with E-state index < -0.39 is 5.97 Å². The van der Waals surface area contributed by atoms with Crippen molar-refractivity contribution in [1.29, 1.82) is 0 Å². The fourth-order valence-electron chi connectivity index (χ4n) is 1.83. The number of rotatable bonds is 4. The quantitative estimate of drug-likeness (QED) is 0.396. The summed E-state index contributed by atoms with van der Waals surface area (Å²) < 4.78 is 5.78. The van der Waals surface area contributed by atoms with E-state index in [1.165, 1.54) is 0 Å². The monoisotopic (exact) mass is 357 g/mol. The van der Waals surface area contributed by atoms with Crippen LogP contribution in [0.1, 0.15) is 33.3 Å². The molecule has 1 N–H and O–H groups in total. The summed E-state index contributed by atoms with van der Waals surface area (Å²) >= 11 is 2.25. The molecule has 0 aliphatic rings. The Hall–Kier alpha value is -1.37. The minimum atomic E-state index is -0.494. The van der Waals surface area contributed by atoms with Gasteiger partial charge in [-0.2, -0.15) is 0 Å². The van der Waals surface area contributed by atoms with E-state index in [0.717, 1.165) is 20.9 Å². The van der Waals surface area contributed by atoms with Gasteiger partial charge in [-0.3, -0.25) is 4.79 Å². The first-order valence-electron chi connectivity index (χ1n) is 5.54. The summed E-state index contributed by atoms with van der Waals surface area (Å²) in [4.78, 5) is 25.9. The zero-order chi connectivity index (χ0) is 13.1. The molecule has 1 aromatic carbocycles. The van der Waals surface area contributed by atoms with Crippen LogP contribution in [0.25, 0.3) is 10.9 Å². The topological polar surface area (TPSA) is 59.2 Å².